The fraction of sp³-hybridized carbons (Fsp3) is 0.316. The predicted octanol–water partition coefficient (Wildman–Crippen LogP) is 4.76. The number of hydrogen-bond donors (Lipinski definition) is 0. The highest BCUT2D eigenvalue weighted by Gasteiger charge is 2.26. The van der Waals surface area contributed by atoms with Crippen LogP contribution in [-0.2, 0) is 4.79 Å². The second-order valence-corrected chi connectivity index (χ2v) is 7.33. The van der Waals surface area contributed by atoms with Crippen LogP contribution >= 0.6 is 34.8 Å². The molecular weight excluding hydrogens is 395 g/mol. The minimum Gasteiger partial charge on any atom is -0.479 e. The Morgan fingerprint density at radius 2 is 1.58 bits per heavy atom. The van der Waals surface area contributed by atoms with E-state index in [9.17, 15) is 4.79 Å². The van der Waals surface area contributed by atoms with Gasteiger partial charge in [0.1, 0.15) is 5.75 Å². The Kier molecular flexibility index (Phi) is 6.17. The number of hydrogen-bond acceptors (Lipinski definition) is 3. The van der Waals surface area contributed by atoms with Gasteiger partial charge in [-0.25, -0.2) is 0 Å². The monoisotopic (exact) mass is 412 g/mol. The second-order valence-electron chi connectivity index (χ2n) is 6.10. The van der Waals surface area contributed by atoms with Crippen LogP contribution in [0.3, 0.4) is 0 Å². The average molecular weight is 414 g/mol. The molecule has 1 amide bonds. The lowest BCUT2D eigenvalue weighted by Crippen LogP contribution is -2.52. The van der Waals surface area contributed by atoms with E-state index in [2.05, 4.69) is 17.0 Å². The minimum absolute atomic E-state index is 0.0696. The van der Waals surface area contributed by atoms with Crippen LogP contribution in [0, 0.1) is 0 Å². The van der Waals surface area contributed by atoms with Crippen molar-refractivity contribution in [3.8, 4) is 5.75 Å². The van der Waals surface area contributed by atoms with Gasteiger partial charge in [-0.2, -0.15) is 0 Å². The van der Waals surface area contributed by atoms with Crippen LogP contribution in [0.5, 0.6) is 5.75 Å². The number of ether oxygens (including phenoxy) is 1. The Hall–Kier alpha value is -1.62. The van der Waals surface area contributed by atoms with Crippen molar-refractivity contribution in [3.63, 3.8) is 0 Å². The summed E-state index contributed by atoms with van der Waals surface area (Å²) in [6, 6.07) is 13.2. The van der Waals surface area contributed by atoms with Gasteiger partial charge in [-0.15, -0.1) is 0 Å². The van der Waals surface area contributed by atoms with Gasteiger partial charge in [0.15, 0.2) is 6.10 Å². The molecule has 1 fully saturated rings. The fourth-order valence-corrected chi connectivity index (χ4v) is 3.50. The van der Waals surface area contributed by atoms with E-state index in [1.807, 2.05) is 23.1 Å². The van der Waals surface area contributed by atoms with Crippen molar-refractivity contribution in [2.75, 3.05) is 31.1 Å². The standard InChI is InChI=1S/C19H19Cl3N2O2/c1-13(26-18-12-16(21)15(20)11-17(18)22)19(25)24-9-7-23(8-10-24)14-5-3-2-4-6-14/h2-6,11-13H,7-10H2,1H3. The number of halogens is 3. The molecule has 0 N–H and O–H groups in total. The first-order valence-corrected chi connectivity index (χ1v) is 9.49. The van der Waals surface area contributed by atoms with Crippen molar-refractivity contribution in [2.45, 2.75) is 13.0 Å². The number of amides is 1. The molecule has 3 rings (SSSR count). The van der Waals surface area contributed by atoms with Gasteiger partial charge in [0.05, 0.1) is 15.1 Å². The third-order valence-electron chi connectivity index (χ3n) is 4.34. The van der Waals surface area contributed by atoms with E-state index in [0.29, 0.717) is 33.9 Å². The molecule has 0 bridgehead atoms. The maximum Gasteiger partial charge on any atom is 0.263 e. The summed E-state index contributed by atoms with van der Waals surface area (Å²) in [6.07, 6.45) is -0.659. The molecule has 1 unspecified atom stereocenters. The zero-order valence-electron chi connectivity index (χ0n) is 14.3. The molecule has 2 aromatic carbocycles. The first-order chi connectivity index (χ1) is 12.5. The number of para-hydroxylation sites is 1. The van der Waals surface area contributed by atoms with Crippen molar-refractivity contribution in [1.29, 1.82) is 0 Å². The van der Waals surface area contributed by atoms with Crippen LogP contribution in [0.2, 0.25) is 15.1 Å². The summed E-state index contributed by atoms with van der Waals surface area (Å²) in [5, 5.41) is 1.01. The average Bonchev–Trinajstić information content (AvgIpc) is 2.66. The Morgan fingerprint density at radius 1 is 0.962 bits per heavy atom. The molecule has 1 saturated heterocycles. The molecule has 0 spiro atoms. The number of anilines is 1. The smallest absolute Gasteiger partial charge is 0.263 e. The number of benzene rings is 2. The quantitative estimate of drug-likeness (QED) is 0.677. The van der Waals surface area contributed by atoms with Gasteiger partial charge >= 0.3 is 0 Å². The van der Waals surface area contributed by atoms with Gasteiger partial charge in [0.25, 0.3) is 5.91 Å². The summed E-state index contributed by atoms with van der Waals surface area (Å²) in [5.74, 6) is 0.282. The molecule has 1 heterocycles. The zero-order chi connectivity index (χ0) is 18.7. The predicted molar refractivity (Wildman–Crippen MR) is 107 cm³/mol. The van der Waals surface area contributed by atoms with Crippen molar-refractivity contribution in [3.05, 3.63) is 57.5 Å². The third kappa shape index (κ3) is 4.37. The van der Waals surface area contributed by atoms with Crippen LogP contribution in [0.15, 0.2) is 42.5 Å². The lowest BCUT2D eigenvalue weighted by Gasteiger charge is -2.37. The maximum atomic E-state index is 12.7. The van der Waals surface area contributed by atoms with E-state index in [4.69, 9.17) is 39.5 Å². The number of rotatable bonds is 4. The Bertz CT molecular complexity index is 778. The molecule has 0 saturated carbocycles. The van der Waals surface area contributed by atoms with Crippen LogP contribution in [-0.4, -0.2) is 43.1 Å². The molecule has 0 aromatic heterocycles. The van der Waals surface area contributed by atoms with E-state index < -0.39 is 6.10 Å². The minimum atomic E-state index is -0.659. The molecule has 1 aliphatic rings. The molecule has 0 radical (unpaired) electrons. The first kappa shape index (κ1) is 19.2. The summed E-state index contributed by atoms with van der Waals surface area (Å²) in [5.41, 5.74) is 1.17. The molecule has 4 nitrogen and oxygen atoms in total. The molecule has 26 heavy (non-hydrogen) atoms. The molecule has 2 aromatic rings. The van der Waals surface area contributed by atoms with E-state index in [-0.39, 0.29) is 5.91 Å². The first-order valence-electron chi connectivity index (χ1n) is 8.35. The third-order valence-corrected chi connectivity index (χ3v) is 5.36. The summed E-state index contributed by atoms with van der Waals surface area (Å²) >= 11 is 18.0. The highest BCUT2D eigenvalue weighted by molar-refractivity contribution is 6.43. The van der Waals surface area contributed by atoms with Crippen LogP contribution in [0.1, 0.15) is 6.92 Å². The highest BCUT2D eigenvalue weighted by atomic mass is 35.5. The highest BCUT2D eigenvalue weighted by Crippen LogP contribution is 2.34. The lowest BCUT2D eigenvalue weighted by atomic mass is 10.2. The number of carbonyl (C=O) groups excluding carboxylic acids is 1. The normalized spacial score (nSPS) is 15.7. The van der Waals surface area contributed by atoms with Gasteiger partial charge in [-0.3, -0.25) is 4.79 Å². The van der Waals surface area contributed by atoms with Crippen LogP contribution in [0.25, 0.3) is 0 Å². The van der Waals surface area contributed by atoms with E-state index >= 15 is 0 Å². The van der Waals surface area contributed by atoms with Crippen molar-refractivity contribution in [1.82, 2.24) is 4.90 Å². The summed E-state index contributed by atoms with van der Waals surface area (Å²) < 4.78 is 5.73. The van der Waals surface area contributed by atoms with Gasteiger partial charge in [0, 0.05) is 37.9 Å². The van der Waals surface area contributed by atoms with E-state index in [0.717, 1.165) is 13.1 Å². The zero-order valence-corrected chi connectivity index (χ0v) is 16.6. The summed E-state index contributed by atoms with van der Waals surface area (Å²) in [6.45, 7) is 4.59. The van der Waals surface area contributed by atoms with Gasteiger partial charge in [-0.1, -0.05) is 53.0 Å². The largest absolute Gasteiger partial charge is 0.479 e. The topological polar surface area (TPSA) is 32.8 Å². The van der Waals surface area contributed by atoms with Gasteiger partial charge in [0.2, 0.25) is 0 Å². The molecule has 1 aliphatic heterocycles. The molecule has 1 atom stereocenters. The van der Waals surface area contributed by atoms with Crippen molar-refractivity contribution >= 4 is 46.4 Å². The lowest BCUT2D eigenvalue weighted by molar-refractivity contribution is -0.138. The molecule has 0 aliphatic carbocycles. The second kappa shape index (κ2) is 8.38. The Morgan fingerprint density at radius 3 is 2.23 bits per heavy atom. The van der Waals surface area contributed by atoms with Crippen molar-refractivity contribution < 1.29 is 9.53 Å². The number of carbonyl (C=O) groups is 1. The summed E-state index contributed by atoms with van der Waals surface area (Å²) in [7, 11) is 0. The number of piperazine rings is 1. The molecule has 138 valence electrons. The SMILES string of the molecule is CC(Oc1cc(Cl)c(Cl)cc1Cl)C(=O)N1CCN(c2ccccc2)CC1. The molecular formula is C19H19Cl3N2O2. The van der Waals surface area contributed by atoms with Crippen molar-refractivity contribution in [2.24, 2.45) is 0 Å². The maximum absolute atomic E-state index is 12.7. The number of nitrogens with zero attached hydrogens (tertiary/aromatic N) is 2. The van der Waals surface area contributed by atoms with E-state index in [1.165, 1.54) is 17.8 Å². The fourth-order valence-electron chi connectivity index (χ4n) is 2.92. The van der Waals surface area contributed by atoms with Gasteiger partial charge < -0.3 is 14.5 Å². The van der Waals surface area contributed by atoms with E-state index in [1.54, 1.807) is 6.92 Å². The van der Waals surface area contributed by atoms with Crippen LogP contribution < -0.4 is 9.64 Å². The Balaban J connectivity index is 1.59. The summed E-state index contributed by atoms with van der Waals surface area (Å²) in [4.78, 5) is 16.8. The van der Waals surface area contributed by atoms with Crippen LogP contribution in [0.4, 0.5) is 5.69 Å². The Labute approximate surface area is 168 Å². The van der Waals surface area contributed by atoms with Gasteiger partial charge in [-0.05, 0) is 25.1 Å². The molecule has 7 heteroatoms.